The molecule has 0 spiro atoms. The number of hydrogen-bond donors (Lipinski definition) is 3. The van der Waals surface area contributed by atoms with E-state index < -0.39 is 15.4 Å². The molecule has 2 atom stereocenters. The van der Waals surface area contributed by atoms with Crippen molar-refractivity contribution in [3.8, 4) is 0 Å². The molecule has 1 heterocycles. The van der Waals surface area contributed by atoms with Crippen LogP contribution in [0.4, 0.5) is 5.69 Å². The monoisotopic (exact) mass is 400 g/mol. The molecule has 1 aromatic carbocycles. The predicted molar refractivity (Wildman–Crippen MR) is 103 cm³/mol. The van der Waals surface area contributed by atoms with Gasteiger partial charge in [0.05, 0.1) is 29.8 Å². The van der Waals surface area contributed by atoms with Crippen LogP contribution in [0, 0.1) is 0 Å². The SMILES string of the molecule is CSc1ccccc1NC(=O)C[NH+](C)CC(=O)N[C@]1(C)CCS(=O)(=O)C1. The van der Waals surface area contributed by atoms with Crippen molar-refractivity contribution < 1.29 is 22.9 Å². The average Bonchev–Trinajstić information content (AvgIpc) is 2.80. The summed E-state index contributed by atoms with van der Waals surface area (Å²) in [6, 6.07) is 7.54. The van der Waals surface area contributed by atoms with Crippen LogP contribution in [0.1, 0.15) is 13.3 Å². The van der Waals surface area contributed by atoms with Gasteiger partial charge in [0.1, 0.15) is 0 Å². The number of anilines is 1. The highest BCUT2D eigenvalue weighted by atomic mass is 32.2. The molecule has 0 saturated carbocycles. The second-order valence-electron chi connectivity index (χ2n) is 7.01. The highest BCUT2D eigenvalue weighted by Gasteiger charge is 2.39. The largest absolute Gasteiger partial charge is 0.345 e. The zero-order chi connectivity index (χ0) is 19.4. The third-order valence-corrected chi connectivity index (χ3v) is 6.95. The van der Waals surface area contributed by atoms with Crippen molar-refractivity contribution >= 4 is 39.1 Å². The molecular formula is C17H26N3O4S2+. The number of rotatable bonds is 7. The van der Waals surface area contributed by atoms with Gasteiger partial charge in [-0.15, -0.1) is 11.8 Å². The van der Waals surface area contributed by atoms with Crippen LogP contribution in [-0.4, -0.2) is 63.7 Å². The topological polar surface area (TPSA) is 96.8 Å². The molecule has 2 rings (SSSR count). The molecule has 2 amide bonds. The number of hydrogen-bond acceptors (Lipinski definition) is 5. The van der Waals surface area contributed by atoms with E-state index in [0.717, 1.165) is 15.5 Å². The number of likely N-dealkylation sites (N-methyl/N-ethyl adjacent to an activating group) is 1. The molecule has 0 radical (unpaired) electrons. The van der Waals surface area contributed by atoms with Crippen LogP contribution in [0.15, 0.2) is 29.2 Å². The zero-order valence-electron chi connectivity index (χ0n) is 15.3. The number of nitrogens with one attached hydrogen (secondary N) is 3. The van der Waals surface area contributed by atoms with E-state index in [2.05, 4.69) is 10.6 Å². The fourth-order valence-electron chi connectivity index (χ4n) is 3.04. The number of carbonyl (C=O) groups excluding carboxylic acids is 2. The Hall–Kier alpha value is -1.58. The van der Waals surface area contributed by atoms with Crippen LogP contribution in [0.25, 0.3) is 0 Å². The van der Waals surface area contributed by atoms with E-state index in [1.165, 1.54) is 0 Å². The maximum absolute atomic E-state index is 12.2. The molecule has 9 heteroatoms. The van der Waals surface area contributed by atoms with Crippen LogP contribution in [-0.2, 0) is 19.4 Å². The summed E-state index contributed by atoms with van der Waals surface area (Å²) in [5.41, 5.74) is 0.0429. The Morgan fingerprint density at radius 3 is 2.50 bits per heavy atom. The van der Waals surface area contributed by atoms with E-state index in [9.17, 15) is 18.0 Å². The first-order valence-corrected chi connectivity index (χ1v) is 11.4. The van der Waals surface area contributed by atoms with Gasteiger partial charge in [-0.2, -0.15) is 0 Å². The predicted octanol–water partition coefficient (Wildman–Crippen LogP) is -0.445. The van der Waals surface area contributed by atoms with Crippen molar-refractivity contribution in [1.82, 2.24) is 5.32 Å². The molecule has 1 aliphatic heterocycles. The van der Waals surface area contributed by atoms with Crippen molar-refractivity contribution in [3.05, 3.63) is 24.3 Å². The van der Waals surface area contributed by atoms with Crippen molar-refractivity contribution in [2.45, 2.75) is 23.8 Å². The minimum atomic E-state index is -3.08. The van der Waals surface area contributed by atoms with Gasteiger partial charge in [-0.1, -0.05) is 12.1 Å². The molecule has 1 unspecified atom stereocenters. The van der Waals surface area contributed by atoms with Gasteiger partial charge in [-0.25, -0.2) is 8.42 Å². The van der Waals surface area contributed by atoms with E-state index in [-0.39, 0.29) is 36.4 Å². The van der Waals surface area contributed by atoms with Gasteiger partial charge >= 0.3 is 0 Å². The first kappa shape index (κ1) is 20.7. The lowest BCUT2D eigenvalue weighted by Crippen LogP contribution is -3.11. The summed E-state index contributed by atoms with van der Waals surface area (Å²) < 4.78 is 23.2. The summed E-state index contributed by atoms with van der Waals surface area (Å²) in [6.07, 6.45) is 2.36. The molecule has 1 fully saturated rings. The van der Waals surface area contributed by atoms with Crippen LogP contribution in [0.3, 0.4) is 0 Å². The van der Waals surface area contributed by atoms with E-state index in [0.29, 0.717) is 6.42 Å². The first-order chi connectivity index (χ1) is 12.1. The van der Waals surface area contributed by atoms with Gasteiger partial charge in [0, 0.05) is 4.90 Å². The highest BCUT2D eigenvalue weighted by molar-refractivity contribution is 7.98. The quantitative estimate of drug-likeness (QED) is 0.539. The van der Waals surface area contributed by atoms with Gasteiger partial charge in [-0.05, 0) is 31.7 Å². The van der Waals surface area contributed by atoms with Gasteiger partial charge in [0.25, 0.3) is 11.8 Å². The average molecular weight is 401 g/mol. The van der Waals surface area contributed by atoms with E-state index in [4.69, 9.17) is 0 Å². The summed E-state index contributed by atoms with van der Waals surface area (Å²) >= 11 is 1.55. The maximum atomic E-state index is 12.2. The molecule has 144 valence electrons. The molecule has 3 N–H and O–H groups in total. The first-order valence-electron chi connectivity index (χ1n) is 8.38. The van der Waals surface area contributed by atoms with Crippen LogP contribution >= 0.6 is 11.8 Å². The van der Waals surface area contributed by atoms with Crippen LogP contribution in [0.2, 0.25) is 0 Å². The molecule has 0 bridgehead atoms. The van der Waals surface area contributed by atoms with Crippen molar-refractivity contribution in [2.75, 3.05) is 43.2 Å². The lowest BCUT2D eigenvalue weighted by atomic mass is 10.0. The number of benzene rings is 1. The molecule has 26 heavy (non-hydrogen) atoms. The molecule has 1 saturated heterocycles. The minimum absolute atomic E-state index is 0.0310. The summed E-state index contributed by atoms with van der Waals surface area (Å²) in [5, 5.41) is 5.67. The number of amides is 2. The molecule has 1 aromatic rings. The standard InChI is InChI=1S/C17H25N3O4S2/c1-17(8-9-26(23,24)12-17)19-16(22)11-20(2)10-15(21)18-13-6-4-5-7-14(13)25-3/h4-7H,8-12H2,1-3H3,(H,18,21)(H,19,22)/p+1/t17-/m1/s1. The second kappa shape index (κ2) is 8.41. The second-order valence-corrected chi connectivity index (χ2v) is 10.0. The van der Waals surface area contributed by atoms with E-state index >= 15 is 0 Å². The normalized spacial score (nSPS) is 22.6. The number of quaternary nitrogens is 1. The Morgan fingerprint density at radius 1 is 1.23 bits per heavy atom. The molecule has 0 aliphatic carbocycles. The number of thioether (sulfide) groups is 1. The molecular weight excluding hydrogens is 374 g/mol. The molecule has 0 aromatic heterocycles. The smallest absolute Gasteiger partial charge is 0.279 e. The van der Waals surface area contributed by atoms with Gasteiger partial charge in [-0.3, -0.25) is 9.59 Å². The summed E-state index contributed by atoms with van der Waals surface area (Å²) in [5.74, 6) is -0.355. The zero-order valence-corrected chi connectivity index (χ0v) is 16.9. The summed E-state index contributed by atoms with van der Waals surface area (Å²) in [6.45, 7) is 2.00. The van der Waals surface area contributed by atoms with Crippen molar-refractivity contribution in [2.24, 2.45) is 0 Å². The van der Waals surface area contributed by atoms with Crippen LogP contribution in [0.5, 0.6) is 0 Å². The molecule has 7 nitrogen and oxygen atoms in total. The minimum Gasteiger partial charge on any atom is -0.345 e. The fraction of sp³-hybridized carbons (Fsp3) is 0.529. The number of sulfone groups is 1. The lowest BCUT2D eigenvalue weighted by molar-refractivity contribution is -0.862. The Bertz CT molecular complexity index is 782. The third-order valence-electron chi connectivity index (χ3n) is 4.25. The number of carbonyl (C=O) groups is 2. The number of para-hydroxylation sites is 1. The van der Waals surface area contributed by atoms with E-state index in [1.807, 2.05) is 30.5 Å². The van der Waals surface area contributed by atoms with Gasteiger partial charge in [0.2, 0.25) is 0 Å². The fourth-order valence-corrected chi connectivity index (χ4v) is 5.69. The Kier molecular flexibility index (Phi) is 6.70. The van der Waals surface area contributed by atoms with Crippen molar-refractivity contribution in [1.29, 1.82) is 0 Å². The summed E-state index contributed by atoms with van der Waals surface area (Å²) in [4.78, 5) is 26.1. The van der Waals surface area contributed by atoms with Gasteiger partial charge < -0.3 is 15.5 Å². The third kappa shape index (κ3) is 6.00. The molecule has 1 aliphatic rings. The Labute approximate surface area is 158 Å². The lowest BCUT2D eigenvalue weighted by Gasteiger charge is -2.24. The van der Waals surface area contributed by atoms with E-state index in [1.54, 1.807) is 25.7 Å². The van der Waals surface area contributed by atoms with Gasteiger partial charge in [0.15, 0.2) is 22.9 Å². The highest BCUT2D eigenvalue weighted by Crippen LogP contribution is 2.24. The Morgan fingerprint density at radius 2 is 1.88 bits per heavy atom. The van der Waals surface area contributed by atoms with Crippen LogP contribution < -0.4 is 15.5 Å². The Balaban J connectivity index is 1.83. The van der Waals surface area contributed by atoms with Crippen molar-refractivity contribution in [3.63, 3.8) is 0 Å². The summed E-state index contributed by atoms with van der Waals surface area (Å²) in [7, 11) is -1.32. The maximum Gasteiger partial charge on any atom is 0.279 e.